The second kappa shape index (κ2) is 8.29. The Balaban J connectivity index is 2.45. The minimum atomic E-state index is -0.530. The van der Waals surface area contributed by atoms with Gasteiger partial charge in [0.15, 0.2) is 0 Å². The molecule has 2 amide bonds. The van der Waals surface area contributed by atoms with Crippen molar-refractivity contribution in [3.8, 4) is 0 Å². The second-order valence-electron chi connectivity index (χ2n) is 4.71. The molecule has 6 heteroatoms. The average Bonchev–Trinajstić information content (AvgIpc) is 2.43. The first-order chi connectivity index (χ1) is 9.52. The molecule has 4 N–H and O–H groups in total. The summed E-state index contributed by atoms with van der Waals surface area (Å²) >= 11 is 0. The van der Waals surface area contributed by atoms with Crippen LogP contribution in [-0.2, 0) is 16.1 Å². The highest BCUT2D eigenvalue weighted by Crippen LogP contribution is 2.02. The van der Waals surface area contributed by atoms with Crippen molar-refractivity contribution in [2.45, 2.75) is 6.54 Å². The summed E-state index contributed by atoms with van der Waals surface area (Å²) < 4.78 is 0. The predicted molar refractivity (Wildman–Crippen MR) is 77.6 cm³/mol. The van der Waals surface area contributed by atoms with E-state index in [9.17, 15) is 9.59 Å². The van der Waals surface area contributed by atoms with E-state index >= 15 is 0 Å². The van der Waals surface area contributed by atoms with Gasteiger partial charge in [0.25, 0.3) is 0 Å². The summed E-state index contributed by atoms with van der Waals surface area (Å²) in [5.74, 6) is -0.797. The molecular weight excluding hydrogens is 256 g/mol. The lowest BCUT2D eigenvalue weighted by Crippen LogP contribution is -2.44. The summed E-state index contributed by atoms with van der Waals surface area (Å²) in [6.07, 6.45) is 0. The van der Waals surface area contributed by atoms with Crippen molar-refractivity contribution < 1.29 is 9.59 Å². The largest absolute Gasteiger partial charge is 0.368 e. The molecule has 1 aromatic rings. The standard InChI is InChI=1S/C14H22N4O2/c1-17(10-12-5-3-2-4-6-12)7-8-18(11-13(16)19)14(20)9-15/h2-6H,7-11,15H2,1H3,(H2,16,19). The number of carbonyl (C=O) groups excluding carboxylic acids is 2. The lowest BCUT2D eigenvalue weighted by molar-refractivity contribution is -0.134. The molecule has 1 rings (SSSR count). The molecule has 0 fully saturated rings. The van der Waals surface area contributed by atoms with Gasteiger partial charge in [-0.05, 0) is 12.6 Å². The fourth-order valence-electron chi connectivity index (χ4n) is 1.87. The summed E-state index contributed by atoms with van der Waals surface area (Å²) in [5, 5.41) is 0. The summed E-state index contributed by atoms with van der Waals surface area (Å²) in [5.41, 5.74) is 11.6. The molecule has 0 spiro atoms. The zero-order chi connectivity index (χ0) is 15.0. The number of benzene rings is 1. The molecule has 0 aliphatic heterocycles. The summed E-state index contributed by atoms with van der Waals surface area (Å²) in [6, 6.07) is 10.0. The molecule has 0 aromatic heterocycles. The molecule has 0 saturated heterocycles. The topological polar surface area (TPSA) is 92.7 Å². The molecule has 0 aliphatic carbocycles. The molecule has 0 saturated carbocycles. The van der Waals surface area contributed by atoms with Gasteiger partial charge in [-0.3, -0.25) is 9.59 Å². The fraction of sp³-hybridized carbons (Fsp3) is 0.429. The van der Waals surface area contributed by atoms with Crippen LogP contribution in [0.4, 0.5) is 0 Å². The Hall–Kier alpha value is -1.92. The van der Waals surface area contributed by atoms with Gasteiger partial charge in [0.1, 0.15) is 0 Å². The molecule has 1 aromatic carbocycles. The zero-order valence-electron chi connectivity index (χ0n) is 11.8. The smallest absolute Gasteiger partial charge is 0.237 e. The van der Waals surface area contributed by atoms with E-state index in [1.165, 1.54) is 10.5 Å². The van der Waals surface area contributed by atoms with Crippen LogP contribution in [0.3, 0.4) is 0 Å². The van der Waals surface area contributed by atoms with E-state index in [1.807, 2.05) is 37.4 Å². The molecule has 0 heterocycles. The van der Waals surface area contributed by atoms with Gasteiger partial charge in [-0.25, -0.2) is 0 Å². The van der Waals surface area contributed by atoms with Crippen LogP contribution in [0.15, 0.2) is 30.3 Å². The molecule has 0 atom stereocenters. The number of nitrogens with zero attached hydrogens (tertiary/aromatic N) is 2. The van der Waals surface area contributed by atoms with E-state index in [-0.39, 0.29) is 19.0 Å². The van der Waals surface area contributed by atoms with Crippen LogP contribution in [0.25, 0.3) is 0 Å². The van der Waals surface area contributed by atoms with Crippen LogP contribution in [0.2, 0.25) is 0 Å². The lowest BCUT2D eigenvalue weighted by Gasteiger charge is -2.24. The SMILES string of the molecule is CN(CCN(CC(N)=O)C(=O)CN)Cc1ccccc1. The minimum Gasteiger partial charge on any atom is -0.368 e. The minimum absolute atomic E-state index is 0.0881. The maximum absolute atomic E-state index is 11.6. The Morgan fingerprint density at radius 3 is 2.35 bits per heavy atom. The van der Waals surface area contributed by atoms with Crippen LogP contribution >= 0.6 is 0 Å². The summed E-state index contributed by atoms with van der Waals surface area (Å²) in [7, 11) is 1.96. The maximum atomic E-state index is 11.6. The Bertz CT molecular complexity index is 436. The Morgan fingerprint density at radius 2 is 1.80 bits per heavy atom. The zero-order valence-corrected chi connectivity index (χ0v) is 11.8. The van der Waals surface area contributed by atoms with Crippen molar-refractivity contribution in [1.29, 1.82) is 0 Å². The first-order valence-electron chi connectivity index (χ1n) is 6.51. The van der Waals surface area contributed by atoms with E-state index in [2.05, 4.69) is 4.90 Å². The predicted octanol–water partition coefficient (Wildman–Crippen LogP) is -0.609. The molecule has 0 aliphatic rings. The number of hydrogen-bond donors (Lipinski definition) is 2. The van der Waals surface area contributed by atoms with Gasteiger partial charge in [-0.15, -0.1) is 0 Å². The highest BCUT2D eigenvalue weighted by atomic mass is 16.2. The van der Waals surface area contributed by atoms with Gasteiger partial charge in [-0.1, -0.05) is 30.3 Å². The van der Waals surface area contributed by atoms with Crippen molar-refractivity contribution in [3.63, 3.8) is 0 Å². The monoisotopic (exact) mass is 278 g/mol. The van der Waals surface area contributed by atoms with Gasteiger partial charge in [0.2, 0.25) is 11.8 Å². The first-order valence-corrected chi connectivity index (χ1v) is 6.51. The van der Waals surface area contributed by atoms with Crippen molar-refractivity contribution in [2.24, 2.45) is 11.5 Å². The molecule has 0 unspecified atom stereocenters. The van der Waals surface area contributed by atoms with E-state index < -0.39 is 5.91 Å². The number of primary amides is 1. The second-order valence-corrected chi connectivity index (χ2v) is 4.71. The molecule has 0 radical (unpaired) electrons. The quantitative estimate of drug-likeness (QED) is 0.663. The fourth-order valence-corrected chi connectivity index (χ4v) is 1.87. The number of carbonyl (C=O) groups is 2. The van der Waals surface area contributed by atoms with Gasteiger partial charge >= 0.3 is 0 Å². The van der Waals surface area contributed by atoms with Gasteiger partial charge < -0.3 is 21.3 Å². The van der Waals surface area contributed by atoms with Crippen LogP contribution in [-0.4, -0.2) is 54.8 Å². The van der Waals surface area contributed by atoms with Crippen LogP contribution in [0, 0.1) is 0 Å². The molecule has 20 heavy (non-hydrogen) atoms. The number of amides is 2. The molecule has 110 valence electrons. The average molecular weight is 278 g/mol. The molecule has 6 nitrogen and oxygen atoms in total. The normalized spacial score (nSPS) is 10.6. The Labute approximate surface area is 119 Å². The maximum Gasteiger partial charge on any atom is 0.237 e. The number of rotatable bonds is 8. The van der Waals surface area contributed by atoms with E-state index in [0.29, 0.717) is 13.1 Å². The molecular formula is C14H22N4O2. The van der Waals surface area contributed by atoms with Crippen LogP contribution < -0.4 is 11.5 Å². The lowest BCUT2D eigenvalue weighted by atomic mass is 10.2. The van der Waals surface area contributed by atoms with Crippen molar-refractivity contribution in [3.05, 3.63) is 35.9 Å². The third-order valence-corrected chi connectivity index (χ3v) is 2.92. The number of hydrogen-bond acceptors (Lipinski definition) is 4. The van der Waals surface area contributed by atoms with Crippen molar-refractivity contribution >= 4 is 11.8 Å². The van der Waals surface area contributed by atoms with Gasteiger partial charge in [0.05, 0.1) is 13.1 Å². The highest BCUT2D eigenvalue weighted by molar-refractivity contribution is 5.84. The number of nitrogens with two attached hydrogens (primary N) is 2. The van der Waals surface area contributed by atoms with E-state index in [4.69, 9.17) is 11.5 Å². The number of likely N-dealkylation sites (N-methyl/N-ethyl adjacent to an activating group) is 1. The third kappa shape index (κ3) is 5.81. The van der Waals surface area contributed by atoms with Crippen LogP contribution in [0.5, 0.6) is 0 Å². The Kier molecular flexibility index (Phi) is 6.69. The summed E-state index contributed by atoms with van der Waals surface area (Å²) in [4.78, 5) is 26.0. The van der Waals surface area contributed by atoms with Crippen molar-refractivity contribution in [2.75, 3.05) is 33.2 Å². The van der Waals surface area contributed by atoms with E-state index in [0.717, 1.165) is 6.54 Å². The first kappa shape index (κ1) is 16.1. The van der Waals surface area contributed by atoms with Crippen LogP contribution in [0.1, 0.15) is 5.56 Å². The van der Waals surface area contributed by atoms with Gasteiger partial charge in [0, 0.05) is 19.6 Å². The third-order valence-electron chi connectivity index (χ3n) is 2.92. The van der Waals surface area contributed by atoms with E-state index in [1.54, 1.807) is 0 Å². The van der Waals surface area contributed by atoms with Crippen molar-refractivity contribution in [1.82, 2.24) is 9.80 Å². The highest BCUT2D eigenvalue weighted by Gasteiger charge is 2.14. The summed E-state index contributed by atoms with van der Waals surface area (Å²) in [6.45, 7) is 1.66. The van der Waals surface area contributed by atoms with Gasteiger partial charge in [-0.2, -0.15) is 0 Å². The molecule has 0 bridgehead atoms. The Morgan fingerprint density at radius 1 is 1.15 bits per heavy atom.